The van der Waals surface area contributed by atoms with Crippen LogP contribution in [-0.4, -0.2) is 69.2 Å². The summed E-state index contributed by atoms with van der Waals surface area (Å²) in [6.45, 7) is 6.36. The molecule has 3 aromatic rings. The second-order valence-corrected chi connectivity index (χ2v) is 9.97. The third-order valence-corrected chi connectivity index (χ3v) is 7.47. The average molecular weight is 614 g/mol. The van der Waals surface area contributed by atoms with Crippen LogP contribution in [0.2, 0.25) is 5.02 Å². The zero-order chi connectivity index (χ0) is 24.5. The number of carbonyl (C=O) groups is 1. The van der Waals surface area contributed by atoms with Crippen molar-refractivity contribution in [2.45, 2.75) is 11.8 Å². The third-order valence-electron chi connectivity index (χ3n) is 5.84. The largest absolute Gasteiger partial charge is 0.495 e. The zero-order valence-electron chi connectivity index (χ0n) is 20.0. The van der Waals surface area contributed by atoms with Gasteiger partial charge in [-0.25, -0.2) is 18.2 Å². The first-order chi connectivity index (χ1) is 16.2. The van der Waals surface area contributed by atoms with Crippen LogP contribution in [0.15, 0.2) is 47.4 Å². The Kier molecular flexibility index (Phi) is 12.0. The number of methoxy groups -OCH3 is 1. The molecule has 0 radical (unpaired) electrons. The normalized spacial score (nSPS) is 13.6. The Hall–Kier alpha value is -2.21. The van der Waals surface area contributed by atoms with Gasteiger partial charge in [-0.15, -0.1) is 37.2 Å². The van der Waals surface area contributed by atoms with Crippen molar-refractivity contribution in [3.8, 4) is 5.75 Å². The van der Waals surface area contributed by atoms with Crippen LogP contribution < -0.4 is 14.4 Å². The van der Waals surface area contributed by atoms with Crippen molar-refractivity contribution in [3.63, 3.8) is 0 Å². The highest BCUT2D eigenvalue weighted by molar-refractivity contribution is 7.92. The van der Waals surface area contributed by atoms with E-state index in [0.29, 0.717) is 16.7 Å². The first-order valence-electron chi connectivity index (χ1n) is 10.7. The molecule has 1 aliphatic heterocycles. The summed E-state index contributed by atoms with van der Waals surface area (Å²) in [6, 6.07) is 10.5. The molecule has 9 nitrogen and oxygen atoms in total. The molecule has 2 N–H and O–H groups in total. The van der Waals surface area contributed by atoms with Crippen molar-refractivity contribution in [1.82, 2.24) is 9.88 Å². The molecule has 1 saturated heterocycles. The molecular weight excluding hydrogens is 586 g/mol. The quantitative estimate of drug-likeness (QED) is 0.391. The fourth-order valence-electron chi connectivity index (χ4n) is 3.98. The number of aromatic carboxylic acids is 1. The Labute approximate surface area is 239 Å². The molecule has 37 heavy (non-hydrogen) atoms. The lowest BCUT2D eigenvalue weighted by Crippen LogP contribution is -2.46. The number of ether oxygens (including phenoxy) is 1. The van der Waals surface area contributed by atoms with E-state index in [1.54, 1.807) is 18.2 Å². The number of fused-ring (bicyclic) bond motifs is 1. The number of piperazine rings is 1. The minimum Gasteiger partial charge on any atom is -0.495 e. The molecule has 0 spiro atoms. The number of hydrogen-bond donors (Lipinski definition) is 2. The van der Waals surface area contributed by atoms with Gasteiger partial charge in [-0.3, -0.25) is 4.72 Å². The number of sulfonamides is 1. The van der Waals surface area contributed by atoms with Crippen LogP contribution in [0.1, 0.15) is 17.3 Å². The summed E-state index contributed by atoms with van der Waals surface area (Å²) in [5, 5.41) is 10.4. The lowest BCUT2D eigenvalue weighted by molar-refractivity contribution is 0.0699. The summed E-state index contributed by atoms with van der Waals surface area (Å²) in [5.41, 5.74) is 0.721. The van der Waals surface area contributed by atoms with Crippen molar-refractivity contribution >= 4 is 87.2 Å². The number of benzene rings is 2. The molecule has 14 heteroatoms. The maximum atomic E-state index is 13.0. The van der Waals surface area contributed by atoms with Crippen molar-refractivity contribution in [2.75, 3.05) is 49.5 Å². The van der Waals surface area contributed by atoms with Gasteiger partial charge in [0.2, 0.25) is 0 Å². The maximum Gasteiger partial charge on any atom is 0.336 e. The van der Waals surface area contributed by atoms with Crippen LogP contribution in [0.3, 0.4) is 0 Å². The van der Waals surface area contributed by atoms with Gasteiger partial charge in [0.1, 0.15) is 16.5 Å². The summed E-state index contributed by atoms with van der Waals surface area (Å²) >= 11 is 5.98. The van der Waals surface area contributed by atoms with E-state index in [0.717, 1.165) is 32.7 Å². The van der Waals surface area contributed by atoms with Gasteiger partial charge in [0.25, 0.3) is 10.0 Å². The molecule has 0 bridgehead atoms. The number of aromatic nitrogens is 1. The molecular formula is C23H28Cl4N4O5S. The maximum absolute atomic E-state index is 13.0. The van der Waals surface area contributed by atoms with Crippen molar-refractivity contribution < 1.29 is 23.1 Å². The van der Waals surface area contributed by atoms with Gasteiger partial charge >= 0.3 is 5.97 Å². The SMILES string of the molecule is CCN1CCN(c2cc(C(=O)O)c3cc(NS(=O)(=O)c4cc(Cl)ccc4OC)ccc3n2)CC1.Cl.Cl.Cl. The highest BCUT2D eigenvalue weighted by Crippen LogP contribution is 2.31. The Balaban J connectivity index is 0.00000228. The number of nitrogens with zero attached hydrogens (tertiary/aromatic N) is 3. The van der Waals surface area contributed by atoms with Crippen LogP contribution >= 0.6 is 48.8 Å². The highest BCUT2D eigenvalue weighted by atomic mass is 35.5. The molecule has 1 fully saturated rings. The summed E-state index contributed by atoms with van der Waals surface area (Å²) in [7, 11) is -2.69. The summed E-state index contributed by atoms with van der Waals surface area (Å²) < 4.78 is 33.7. The molecule has 0 amide bonds. The number of nitrogens with one attached hydrogen (secondary N) is 1. The topological polar surface area (TPSA) is 112 Å². The van der Waals surface area contributed by atoms with Gasteiger partial charge in [0, 0.05) is 42.3 Å². The molecule has 204 valence electrons. The van der Waals surface area contributed by atoms with Crippen molar-refractivity contribution in [3.05, 3.63) is 53.1 Å². The molecule has 2 heterocycles. The lowest BCUT2D eigenvalue weighted by atomic mass is 10.1. The Morgan fingerprint density at radius 1 is 1.08 bits per heavy atom. The molecule has 0 unspecified atom stereocenters. The van der Waals surface area contributed by atoms with Gasteiger partial charge in [-0.05, 0) is 49.0 Å². The fraction of sp³-hybridized carbons (Fsp3) is 0.304. The number of pyridine rings is 1. The number of likely N-dealkylation sites (N-methyl/N-ethyl adjacent to an activating group) is 1. The number of hydrogen-bond acceptors (Lipinski definition) is 7. The van der Waals surface area contributed by atoms with Gasteiger partial charge in [-0.2, -0.15) is 0 Å². The van der Waals surface area contributed by atoms with Crippen molar-refractivity contribution in [1.29, 1.82) is 0 Å². The van der Waals surface area contributed by atoms with E-state index in [4.69, 9.17) is 16.3 Å². The van der Waals surface area contributed by atoms with Crippen LogP contribution in [0.5, 0.6) is 5.75 Å². The first kappa shape index (κ1) is 32.8. The van der Waals surface area contributed by atoms with Crippen molar-refractivity contribution in [2.24, 2.45) is 0 Å². The van der Waals surface area contributed by atoms with E-state index in [-0.39, 0.29) is 64.1 Å². The Morgan fingerprint density at radius 3 is 2.35 bits per heavy atom. The highest BCUT2D eigenvalue weighted by Gasteiger charge is 2.23. The van der Waals surface area contributed by atoms with Gasteiger partial charge in [0.05, 0.1) is 18.2 Å². The Bertz CT molecular complexity index is 1350. The standard InChI is InChI=1S/C23H25ClN4O5S.3ClH/c1-3-27-8-10-28(11-9-27)22-14-18(23(29)30)17-13-16(5-6-19(17)25-22)26-34(31,32)21-12-15(24)4-7-20(21)33-2;;;/h4-7,12-14,26H,3,8-11H2,1-2H3,(H,29,30);3*1H. The molecule has 0 atom stereocenters. The average Bonchev–Trinajstić information content (AvgIpc) is 2.83. The minimum atomic E-state index is -4.05. The van der Waals surface area contributed by atoms with E-state index in [9.17, 15) is 18.3 Å². The second-order valence-electron chi connectivity index (χ2n) is 7.89. The van der Waals surface area contributed by atoms with Gasteiger partial charge in [0.15, 0.2) is 0 Å². The fourth-order valence-corrected chi connectivity index (χ4v) is 5.46. The zero-order valence-corrected chi connectivity index (χ0v) is 24.0. The molecule has 1 aromatic heterocycles. The van der Waals surface area contributed by atoms with E-state index >= 15 is 0 Å². The second kappa shape index (κ2) is 13.5. The molecule has 0 aliphatic carbocycles. The number of carboxylic acid groups (broad SMARTS) is 1. The van der Waals surface area contributed by atoms with Gasteiger partial charge in [-0.1, -0.05) is 18.5 Å². The molecule has 2 aromatic carbocycles. The van der Waals surface area contributed by atoms with E-state index in [1.165, 1.54) is 31.4 Å². The van der Waals surface area contributed by atoms with Crippen LogP contribution in [0.4, 0.5) is 11.5 Å². The summed E-state index contributed by atoms with van der Waals surface area (Å²) in [6.07, 6.45) is 0. The number of halogens is 4. The van der Waals surface area contributed by atoms with Crippen LogP contribution in [-0.2, 0) is 10.0 Å². The Morgan fingerprint density at radius 2 is 1.76 bits per heavy atom. The third kappa shape index (κ3) is 7.22. The van der Waals surface area contributed by atoms with Gasteiger partial charge < -0.3 is 19.6 Å². The number of anilines is 2. The monoisotopic (exact) mass is 612 g/mol. The van der Waals surface area contributed by atoms with E-state index in [2.05, 4.69) is 26.4 Å². The van der Waals surface area contributed by atoms with E-state index < -0.39 is 16.0 Å². The predicted octanol–water partition coefficient (Wildman–Crippen LogP) is 4.80. The smallest absolute Gasteiger partial charge is 0.336 e. The number of carboxylic acids is 1. The molecule has 0 saturated carbocycles. The van der Waals surface area contributed by atoms with Crippen LogP contribution in [0.25, 0.3) is 10.9 Å². The lowest BCUT2D eigenvalue weighted by Gasteiger charge is -2.35. The minimum absolute atomic E-state index is 0. The predicted molar refractivity (Wildman–Crippen MR) is 154 cm³/mol. The van der Waals surface area contributed by atoms with E-state index in [1.807, 2.05) is 0 Å². The molecule has 4 rings (SSSR count). The first-order valence-corrected chi connectivity index (χ1v) is 12.6. The molecule has 1 aliphatic rings. The number of rotatable bonds is 7. The van der Waals surface area contributed by atoms with Crippen LogP contribution in [0, 0.1) is 0 Å². The summed E-state index contributed by atoms with van der Waals surface area (Å²) in [5.74, 6) is -0.381. The summed E-state index contributed by atoms with van der Waals surface area (Å²) in [4.78, 5) is 21.0.